The van der Waals surface area contributed by atoms with Gasteiger partial charge in [0.2, 0.25) is 0 Å². The molecule has 1 aromatic rings. The Bertz CT molecular complexity index is 297. The molecular weight excluding hydrogens is 194 g/mol. The molecule has 0 bridgehead atoms. The Morgan fingerprint density at radius 2 is 2.57 bits per heavy atom. The lowest BCUT2D eigenvalue weighted by Crippen LogP contribution is -2.34. The monoisotopic (exact) mass is 211 g/mol. The number of aryl methyl sites for hydroxylation is 1. The summed E-state index contributed by atoms with van der Waals surface area (Å²) in [5, 5.41) is 14.6. The molecule has 0 saturated heterocycles. The molecule has 1 unspecified atom stereocenters. The molecule has 2 nitrogen and oxygen atoms in total. The zero-order chi connectivity index (χ0) is 9.97. The molecule has 0 radical (unpaired) electrons. The number of hydrogen-bond acceptors (Lipinski definition) is 3. The highest BCUT2D eigenvalue weighted by molar-refractivity contribution is 7.10. The van der Waals surface area contributed by atoms with Crippen LogP contribution in [0.3, 0.4) is 0 Å². The molecule has 1 aliphatic rings. The summed E-state index contributed by atoms with van der Waals surface area (Å²) in [6.07, 6.45) is 3.70. The van der Waals surface area contributed by atoms with Crippen molar-refractivity contribution in [2.24, 2.45) is 0 Å². The van der Waals surface area contributed by atoms with Crippen LogP contribution in [0.4, 0.5) is 0 Å². The van der Waals surface area contributed by atoms with Gasteiger partial charge in [-0.2, -0.15) is 0 Å². The minimum absolute atomic E-state index is 0.200. The van der Waals surface area contributed by atoms with Gasteiger partial charge >= 0.3 is 0 Å². The van der Waals surface area contributed by atoms with Crippen LogP contribution < -0.4 is 5.32 Å². The van der Waals surface area contributed by atoms with Gasteiger partial charge in [0.25, 0.3) is 0 Å². The van der Waals surface area contributed by atoms with Crippen molar-refractivity contribution >= 4 is 11.3 Å². The first-order chi connectivity index (χ1) is 6.81. The van der Waals surface area contributed by atoms with Gasteiger partial charge in [-0.25, -0.2) is 0 Å². The van der Waals surface area contributed by atoms with Crippen molar-refractivity contribution in [2.45, 2.75) is 38.3 Å². The molecule has 1 heterocycles. The largest absolute Gasteiger partial charge is 0.395 e. The molecule has 2 atom stereocenters. The van der Waals surface area contributed by atoms with Crippen LogP contribution in [0.25, 0.3) is 0 Å². The van der Waals surface area contributed by atoms with Crippen LogP contribution in [-0.2, 0) is 6.42 Å². The fourth-order valence-corrected chi connectivity index (χ4v) is 3.04. The maximum Gasteiger partial charge on any atom is 0.0582 e. The number of rotatable bonds is 3. The predicted molar refractivity (Wildman–Crippen MR) is 59.7 cm³/mol. The molecule has 14 heavy (non-hydrogen) atoms. The molecule has 1 aromatic heterocycles. The lowest BCUT2D eigenvalue weighted by atomic mass is 9.93. The summed E-state index contributed by atoms with van der Waals surface area (Å²) in [5.74, 6) is 0. The lowest BCUT2D eigenvalue weighted by molar-refractivity contribution is 0.236. The molecule has 3 heteroatoms. The van der Waals surface area contributed by atoms with E-state index in [0.717, 1.165) is 0 Å². The van der Waals surface area contributed by atoms with Gasteiger partial charge in [0, 0.05) is 17.0 Å². The molecule has 0 aromatic carbocycles. The van der Waals surface area contributed by atoms with E-state index in [4.69, 9.17) is 5.11 Å². The van der Waals surface area contributed by atoms with Gasteiger partial charge in [0.05, 0.1) is 6.61 Å². The van der Waals surface area contributed by atoms with Gasteiger partial charge in [-0.05, 0) is 43.2 Å². The van der Waals surface area contributed by atoms with E-state index in [-0.39, 0.29) is 12.6 Å². The van der Waals surface area contributed by atoms with E-state index in [0.29, 0.717) is 6.04 Å². The smallest absolute Gasteiger partial charge is 0.0582 e. The van der Waals surface area contributed by atoms with Crippen molar-refractivity contribution in [3.63, 3.8) is 0 Å². The highest BCUT2D eigenvalue weighted by atomic mass is 32.1. The lowest BCUT2D eigenvalue weighted by Gasteiger charge is -2.26. The number of aliphatic hydroxyl groups excluding tert-OH is 1. The van der Waals surface area contributed by atoms with Crippen molar-refractivity contribution in [3.8, 4) is 0 Å². The third kappa shape index (κ3) is 2.00. The Morgan fingerprint density at radius 1 is 1.71 bits per heavy atom. The summed E-state index contributed by atoms with van der Waals surface area (Å²) in [6.45, 7) is 2.25. The maximum absolute atomic E-state index is 9.00. The predicted octanol–water partition coefficient (Wildman–Crippen LogP) is 2.10. The minimum atomic E-state index is 0.200. The summed E-state index contributed by atoms with van der Waals surface area (Å²) >= 11 is 1.86. The van der Waals surface area contributed by atoms with Crippen LogP contribution >= 0.6 is 11.3 Å². The first kappa shape index (κ1) is 10.1. The zero-order valence-electron chi connectivity index (χ0n) is 8.49. The Labute approximate surface area is 89.0 Å². The second kappa shape index (κ2) is 4.43. The normalized spacial score (nSPS) is 23.1. The van der Waals surface area contributed by atoms with Crippen molar-refractivity contribution < 1.29 is 5.11 Å². The third-order valence-corrected chi connectivity index (χ3v) is 3.81. The van der Waals surface area contributed by atoms with Crippen molar-refractivity contribution in [2.75, 3.05) is 6.61 Å². The van der Waals surface area contributed by atoms with Crippen LogP contribution in [0.5, 0.6) is 0 Å². The average Bonchev–Trinajstić information content (AvgIpc) is 2.66. The second-order valence-corrected chi connectivity index (χ2v) is 4.99. The quantitative estimate of drug-likeness (QED) is 0.802. The minimum Gasteiger partial charge on any atom is -0.395 e. The first-order valence-corrected chi connectivity index (χ1v) is 6.12. The Morgan fingerprint density at radius 3 is 3.36 bits per heavy atom. The standard InChI is InChI=1S/C11H17NOS/c1-8(7-13)12-10-3-2-4-11-9(10)5-6-14-11/h5-6,8,10,12-13H,2-4,7H2,1H3/t8-,10?/m0/s1. The number of fused-ring (bicyclic) bond motifs is 1. The van der Waals surface area contributed by atoms with Crippen molar-refractivity contribution in [1.29, 1.82) is 0 Å². The molecule has 2 N–H and O–H groups in total. The van der Waals surface area contributed by atoms with Crippen molar-refractivity contribution in [1.82, 2.24) is 5.32 Å². The summed E-state index contributed by atoms with van der Waals surface area (Å²) in [7, 11) is 0. The van der Waals surface area contributed by atoms with Crippen LogP contribution in [0.1, 0.15) is 36.2 Å². The molecule has 0 saturated carbocycles. The molecule has 0 fully saturated rings. The second-order valence-electron chi connectivity index (χ2n) is 3.99. The van der Waals surface area contributed by atoms with E-state index in [2.05, 4.69) is 16.8 Å². The fourth-order valence-electron chi connectivity index (χ4n) is 2.06. The summed E-state index contributed by atoms with van der Waals surface area (Å²) in [4.78, 5) is 1.53. The molecular formula is C11H17NOS. The van der Waals surface area contributed by atoms with Gasteiger partial charge in [0.1, 0.15) is 0 Å². The van der Waals surface area contributed by atoms with Gasteiger partial charge in [-0.15, -0.1) is 11.3 Å². The summed E-state index contributed by atoms with van der Waals surface area (Å²) in [5.41, 5.74) is 1.46. The fraction of sp³-hybridized carbons (Fsp3) is 0.636. The van der Waals surface area contributed by atoms with Crippen molar-refractivity contribution in [3.05, 3.63) is 21.9 Å². The summed E-state index contributed by atoms with van der Waals surface area (Å²) in [6, 6.07) is 2.89. The molecule has 2 rings (SSSR count). The van der Waals surface area contributed by atoms with Crippen LogP contribution in [0, 0.1) is 0 Å². The van der Waals surface area contributed by atoms with Crippen LogP contribution in [0.2, 0.25) is 0 Å². The van der Waals surface area contributed by atoms with Gasteiger partial charge in [-0.1, -0.05) is 0 Å². The Balaban J connectivity index is 2.08. The Kier molecular flexibility index (Phi) is 3.21. The van der Waals surface area contributed by atoms with E-state index in [1.807, 2.05) is 18.3 Å². The molecule has 0 amide bonds. The topological polar surface area (TPSA) is 32.3 Å². The zero-order valence-corrected chi connectivity index (χ0v) is 9.31. The average molecular weight is 211 g/mol. The third-order valence-electron chi connectivity index (χ3n) is 2.81. The maximum atomic E-state index is 9.00. The number of hydrogen-bond donors (Lipinski definition) is 2. The van der Waals surface area contributed by atoms with Gasteiger partial charge in [-0.3, -0.25) is 0 Å². The molecule has 0 aliphatic heterocycles. The van der Waals surface area contributed by atoms with E-state index in [1.54, 1.807) is 0 Å². The van der Waals surface area contributed by atoms with E-state index in [9.17, 15) is 0 Å². The van der Waals surface area contributed by atoms with E-state index < -0.39 is 0 Å². The highest BCUT2D eigenvalue weighted by Gasteiger charge is 2.21. The Hall–Kier alpha value is -0.380. The summed E-state index contributed by atoms with van der Waals surface area (Å²) < 4.78 is 0. The van der Waals surface area contributed by atoms with E-state index in [1.165, 1.54) is 29.7 Å². The molecule has 0 spiro atoms. The van der Waals surface area contributed by atoms with Gasteiger partial charge in [0.15, 0.2) is 0 Å². The van der Waals surface area contributed by atoms with Crippen LogP contribution in [-0.4, -0.2) is 17.8 Å². The highest BCUT2D eigenvalue weighted by Crippen LogP contribution is 2.33. The molecule has 78 valence electrons. The number of nitrogens with one attached hydrogen (secondary N) is 1. The SMILES string of the molecule is C[C@@H](CO)NC1CCCc2sccc21. The number of thiophene rings is 1. The first-order valence-electron chi connectivity index (χ1n) is 5.24. The van der Waals surface area contributed by atoms with Crippen LogP contribution in [0.15, 0.2) is 11.4 Å². The van der Waals surface area contributed by atoms with E-state index >= 15 is 0 Å². The molecule has 1 aliphatic carbocycles. The number of aliphatic hydroxyl groups is 1. The van der Waals surface area contributed by atoms with Gasteiger partial charge < -0.3 is 10.4 Å².